The Labute approximate surface area is 298 Å². The third-order valence-corrected chi connectivity index (χ3v) is 7.58. The highest BCUT2D eigenvalue weighted by atomic mass is 32.1. The van der Waals surface area contributed by atoms with Crippen LogP contribution in [0.2, 0.25) is 0 Å². The predicted molar refractivity (Wildman–Crippen MR) is 209 cm³/mol. The van der Waals surface area contributed by atoms with Crippen LogP contribution in [0.15, 0.2) is 77.7 Å². The first-order valence-corrected chi connectivity index (χ1v) is 17.9. The van der Waals surface area contributed by atoms with E-state index in [0.29, 0.717) is 34.8 Å². The molecule has 7 nitrogen and oxygen atoms in total. The van der Waals surface area contributed by atoms with Crippen molar-refractivity contribution < 1.29 is 19.1 Å². The van der Waals surface area contributed by atoms with Gasteiger partial charge in [-0.3, -0.25) is 4.79 Å². The number of allylic oxidation sites excluding steroid dienone is 1. The van der Waals surface area contributed by atoms with Crippen LogP contribution in [-0.4, -0.2) is 17.9 Å². The highest BCUT2D eigenvalue weighted by Crippen LogP contribution is 2.48. The highest BCUT2D eigenvalue weighted by Gasteiger charge is 2.25. The number of hydrogen-bond acceptors (Lipinski definition) is 7. The van der Waals surface area contributed by atoms with Gasteiger partial charge in [-0.25, -0.2) is 4.79 Å². The molecule has 264 valence electrons. The number of nitrogens with two attached hydrogens (primary N) is 1. The predicted octanol–water partition coefficient (Wildman–Crippen LogP) is 11.5. The number of nitrogens with zero attached hydrogens (tertiary/aromatic N) is 1. The van der Waals surface area contributed by atoms with Crippen molar-refractivity contribution in [2.24, 2.45) is 10.9 Å². The molecular weight excluding hydrogens is 633 g/mol. The zero-order valence-corrected chi connectivity index (χ0v) is 31.9. The van der Waals surface area contributed by atoms with Gasteiger partial charge >= 0.3 is 11.9 Å². The minimum atomic E-state index is -0.921. The lowest BCUT2D eigenvalue weighted by Crippen LogP contribution is -2.32. The summed E-state index contributed by atoms with van der Waals surface area (Å²) in [5.41, 5.74) is 10.3. The average molecular weight is 687 g/mol. The van der Waals surface area contributed by atoms with Crippen LogP contribution in [0, 0.1) is 16.7 Å². The average Bonchev–Trinajstić information content (AvgIpc) is 3.45. The van der Waals surface area contributed by atoms with Crippen molar-refractivity contribution in [1.82, 2.24) is 0 Å². The number of nitroso groups, excluding NO2 is 1. The Morgan fingerprint density at radius 2 is 1.53 bits per heavy atom. The van der Waals surface area contributed by atoms with E-state index in [4.69, 9.17) is 15.2 Å². The van der Waals surface area contributed by atoms with Gasteiger partial charge in [0.25, 0.3) is 0 Å². The number of esters is 1. The summed E-state index contributed by atoms with van der Waals surface area (Å²) in [5.74, 6) is 6.79. The number of fused-ring (bicyclic) bond motifs is 1. The van der Waals surface area contributed by atoms with Crippen molar-refractivity contribution in [2.45, 2.75) is 101 Å². The maximum atomic E-state index is 12.6. The second-order valence-corrected chi connectivity index (χ2v) is 10.9. The van der Waals surface area contributed by atoms with E-state index in [0.717, 1.165) is 27.0 Å². The smallest absolute Gasteiger partial charge is 0.332 e. The maximum Gasteiger partial charge on any atom is 0.332 e. The van der Waals surface area contributed by atoms with Crippen LogP contribution in [0.1, 0.15) is 110 Å². The van der Waals surface area contributed by atoms with E-state index < -0.39 is 17.9 Å². The van der Waals surface area contributed by atoms with Crippen molar-refractivity contribution in [3.8, 4) is 33.8 Å². The molecule has 0 bridgehead atoms. The Bertz CT molecular complexity index is 1620. The third-order valence-electron chi connectivity index (χ3n) is 6.39. The molecule has 1 amide bonds. The zero-order chi connectivity index (χ0) is 37.5. The Hall–Kier alpha value is -4.58. The molecule has 1 atom stereocenters. The molecule has 0 saturated carbocycles. The number of amides is 1. The van der Waals surface area contributed by atoms with Crippen LogP contribution in [0.3, 0.4) is 0 Å². The first-order valence-electron chi connectivity index (χ1n) is 17.0. The van der Waals surface area contributed by atoms with Gasteiger partial charge in [-0.15, -0.1) is 16.2 Å². The van der Waals surface area contributed by atoms with Gasteiger partial charge in [0, 0.05) is 28.1 Å². The van der Waals surface area contributed by atoms with Gasteiger partial charge in [0.2, 0.25) is 0 Å². The summed E-state index contributed by atoms with van der Waals surface area (Å²) in [5, 5.41) is 2.37. The lowest BCUT2D eigenvalue weighted by atomic mass is 9.95. The largest absolute Gasteiger partial charge is 0.455 e. The molecule has 0 radical (unpaired) electrons. The number of thiophene rings is 1. The molecule has 0 saturated heterocycles. The van der Waals surface area contributed by atoms with Crippen molar-refractivity contribution in [1.29, 1.82) is 0 Å². The fourth-order valence-corrected chi connectivity index (χ4v) is 5.42. The number of hydrogen-bond donors (Lipinski definition) is 1. The summed E-state index contributed by atoms with van der Waals surface area (Å²) in [7, 11) is 0. The molecule has 0 spiro atoms. The topological polar surface area (TPSA) is 108 Å². The van der Waals surface area contributed by atoms with Gasteiger partial charge < -0.3 is 15.2 Å². The summed E-state index contributed by atoms with van der Waals surface area (Å²) < 4.78 is 12.2. The van der Waals surface area contributed by atoms with Gasteiger partial charge in [0.15, 0.2) is 5.75 Å². The minimum absolute atomic E-state index is 0.272. The molecule has 3 aromatic rings. The van der Waals surface area contributed by atoms with Crippen LogP contribution >= 0.6 is 11.3 Å². The standard InChI is InChI=1S/C33H30N2O5S.4C2H6/c1-20(2)25-10-7-8-11-26(25)32-31(39-23-16-13-22(14-17-23)15-18-29(36)35-38)27-12-6-5-9-24(19-28(27)41-32)40-33(37)30(34)21(3)4;4*1-2/h7-8,10-11,13-20,30H,3,9,12,34H2,1-2,4H3;4*1-2H3/b18-15+,24-19+;;;;. The van der Waals surface area contributed by atoms with Crippen LogP contribution in [0.25, 0.3) is 22.6 Å². The van der Waals surface area contributed by atoms with Crippen molar-refractivity contribution >= 4 is 35.4 Å². The number of carbonyl (C=O) groups is 2. The van der Waals surface area contributed by atoms with E-state index in [1.54, 1.807) is 42.5 Å². The Morgan fingerprint density at radius 1 is 0.939 bits per heavy atom. The molecular formula is C41H54N2O5S. The molecule has 1 aliphatic carbocycles. The summed E-state index contributed by atoms with van der Waals surface area (Å²) in [6.07, 6.45) is 5.20. The van der Waals surface area contributed by atoms with E-state index in [1.165, 1.54) is 11.6 Å². The monoisotopic (exact) mass is 686 g/mol. The molecule has 49 heavy (non-hydrogen) atoms. The lowest BCUT2D eigenvalue weighted by molar-refractivity contribution is -0.140. The van der Waals surface area contributed by atoms with Crippen LogP contribution in [0.5, 0.6) is 11.5 Å². The Balaban J connectivity index is 0.00000268. The van der Waals surface area contributed by atoms with Crippen molar-refractivity contribution in [2.75, 3.05) is 0 Å². The number of carbonyl (C=O) groups excluding carboxylic acids is 2. The lowest BCUT2D eigenvalue weighted by Gasteiger charge is -2.15. The normalized spacial score (nSPS) is 12.6. The molecule has 2 N–H and O–H groups in total. The Morgan fingerprint density at radius 3 is 2.10 bits per heavy atom. The molecule has 2 aromatic carbocycles. The van der Waals surface area contributed by atoms with Gasteiger partial charge in [-0.2, -0.15) is 0 Å². The molecule has 1 heterocycles. The van der Waals surface area contributed by atoms with Gasteiger partial charge in [0.05, 0.1) is 11.3 Å². The minimum Gasteiger partial charge on any atom is -0.455 e. The van der Waals surface area contributed by atoms with Crippen molar-refractivity contribution in [3.05, 3.63) is 99.0 Å². The van der Waals surface area contributed by atoms with E-state index in [1.807, 2.05) is 73.6 Å². The van der Waals surface area contributed by atoms with Crippen LogP contribution in [-0.2, 0) is 20.7 Å². The number of benzene rings is 2. The zero-order valence-electron chi connectivity index (χ0n) is 31.1. The first-order chi connectivity index (χ1) is 23.7. The summed E-state index contributed by atoms with van der Waals surface area (Å²) in [4.78, 5) is 36.0. The van der Waals surface area contributed by atoms with E-state index in [9.17, 15) is 14.5 Å². The first kappa shape index (κ1) is 44.4. The highest BCUT2D eigenvalue weighted by molar-refractivity contribution is 7.17. The van der Waals surface area contributed by atoms with Crippen molar-refractivity contribution in [3.63, 3.8) is 0 Å². The summed E-state index contributed by atoms with van der Waals surface area (Å²) >= 11 is 1.55. The fraction of sp³-hybridized carbons (Fsp3) is 0.366. The van der Waals surface area contributed by atoms with Crippen LogP contribution in [0.4, 0.5) is 0 Å². The molecule has 1 unspecified atom stereocenters. The molecule has 1 aliphatic rings. The molecule has 1 aromatic heterocycles. The second-order valence-electron chi connectivity index (χ2n) is 9.84. The molecule has 0 fully saturated rings. The number of ether oxygens (including phenoxy) is 2. The van der Waals surface area contributed by atoms with E-state index in [2.05, 4.69) is 49.6 Å². The Kier molecular flexibility index (Phi) is 22.3. The van der Waals surface area contributed by atoms with E-state index >= 15 is 0 Å². The maximum absolute atomic E-state index is 12.6. The quantitative estimate of drug-likeness (QED) is 0.0789. The SMILES string of the molecule is C=C(C)C(N)C(=O)O/C1=C/c2sc(-c3ccccc3C(C)C)c(Oc3ccc(/C=C/C(=O)N=O)cc3)c2CC#CC1.CC.CC.CC.CC. The van der Waals surface area contributed by atoms with Crippen LogP contribution < -0.4 is 10.5 Å². The summed E-state index contributed by atoms with van der Waals surface area (Å²) in [6.45, 7) is 25.7. The molecule has 8 heteroatoms. The fourth-order valence-electron chi connectivity index (χ4n) is 4.16. The summed E-state index contributed by atoms with van der Waals surface area (Å²) in [6, 6.07) is 14.4. The van der Waals surface area contributed by atoms with E-state index in [-0.39, 0.29) is 12.3 Å². The number of rotatable bonds is 9. The molecule has 0 aliphatic heterocycles. The van der Waals surface area contributed by atoms with Gasteiger partial charge in [-0.1, -0.05) is 130 Å². The second kappa shape index (κ2) is 24.5. The molecule has 4 rings (SSSR count). The third kappa shape index (κ3) is 13.5. The van der Waals surface area contributed by atoms with Gasteiger partial charge in [-0.05, 0) is 53.8 Å². The van der Waals surface area contributed by atoms with Gasteiger partial charge in [0.1, 0.15) is 17.6 Å².